The number of carbonyl (C=O) groups is 1. The van der Waals surface area contributed by atoms with Gasteiger partial charge in [0.2, 0.25) is 0 Å². The molecule has 1 aromatic carbocycles. The molecule has 0 bridgehead atoms. The number of ether oxygens (including phenoxy) is 1. The van der Waals surface area contributed by atoms with Gasteiger partial charge in [-0.25, -0.2) is 0 Å². The van der Waals surface area contributed by atoms with Crippen molar-refractivity contribution < 1.29 is 14.7 Å². The Hall–Kier alpha value is -2.77. The number of nitrogens with zero attached hydrogens (tertiary/aromatic N) is 2. The number of aromatic nitrogens is 1. The minimum absolute atomic E-state index is 0.0236. The number of nitrogens with one attached hydrogen (secondary N) is 1. The molecule has 4 rings (SSSR count). The second kappa shape index (κ2) is 7.46. The Morgan fingerprint density at radius 1 is 1.37 bits per heavy atom. The maximum Gasteiger partial charge on any atom is 0.196 e. The number of methoxy groups -OCH3 is 1. The number of pyridine rings is 1. The summed E-state index contributed by atoms with van der Waals surface area (Å²) in [5.41, 5.74) is 3.95. The summed E-state index contributed by atoms with van der Waals surface area (Å²) in [4.78, 5) is 17.5. The van der Waals surface area contributed by atoms with Crippen molar-refractivity contribution in [2.45, 2.75) is 12.8 Å². The van der Waals surface area contributed by atoms with Crippen LogP contribution in [-0.4, -0.2) is 41.9 Å². The highest BCUT2D eigenvalue weighted by atomic mass is 32.1. The summed E-state index contributed by atoms with van der Waals surface area (Å²) in [7, 11) is 1.65. The zero-order valence-corrected chi connectivity index (χ0v) is 15.7. The quantitative estimate of drug-likeness (QED) is 0.294. The number of rotatable bonds is 6. The summed E-state index contributed by atoms with van der Waals surface area (Å²) in [6.45, 7) is 1.18. The molecule has 0 spiro atoms. The standard InChI is InChI=1S/C20H19N3O3S/c1-26-9-8-22-20-18(15-6-7-21-11-17(15)27-20)19(24)13-2-4-14-12(10-13)3-5-16(14)23-25/h2,4,6-7,10-11,22,25H,3,5,8-9H2,1H3/b23-16+. The van der Waals surface area contributed by atoms with E-state index in [1.807, 2.05) is 18.2 Å². The van der Waals surface area contributed by atoms with Crippen LogP contribution in [0.4, 0.5) is 5.00 Å². The van der Waals surface area contributed by atoms with Crippen molar-refractivity contribution in [1.29, 1.82) is 0 Å². The van der Waals surface area contributed by atoms with E-state index in [0.29, 0.717) is 36.4 Å². The van der Waals surface area contributed by atoms with Gasteiger partial charge in [-0.3, -0.25) is 9.78 Å². The molecule has 0 saturated heterocycles. The first-order valence-electron chi connectivity index (χ1n) is 8.71. The number of carbonyl (C=O) groups excluding carboxylic acids is 1. The molecule has 3 aromatic rings. The molecule has 27 heavy (non-hydrogen) atoms. The number of hydrogen-bond donors (Lipinski definition) is 2. The molecule has 0 fully saturated rings. The maximum atomic E-state index is 13.4. The number of hydrogen-bond acceptors (Lipinski definition) is 7. The van der Waals surface area contributed by atoms with Gasteiger partial charge in [0.25, 0.3) is 0 Å². The Labute approximate surface area is 160 Å². The lowest BCUT2D eigenvalue weighted by Crippen LogP contribution is -2.10. The van der Waals surface area contributed by atoms with Crippen LogP contribution in [0.25, 0.3) is 10.1 Å². The van der Waals surface area contributed by atoms with Crippen LogP contribution in [0.5, 0.6) is 0 Å². The normalized spacial score (nSPS) is 14.6. The molecule has 7 heteroatoms. The summed E-state index contributed by atoms with van der Waals surface area (Å²) in [5, 5.41) is 17.5. The first kappa shape index (κ1) is 17.6. The van der Waals surface area contributed by atoms with Gasteiger partial charge < -0.3 is 15.3 Å². The van der Waals surface area contributed by atoms with E-state index in [4.69, 9.17) is 9.94 Å². The molecule has 1 aliphatic rings. The molecule has 0 unspecified atom stereocenters. The van der Waals surface area contributed by atoms with Crippen LogP contribution in [0, 0.1) is 0 Å². The Kier molecular flexibility index (Phi) is 4.87. The lowest BCUT2D eigenvalue weighted by Gasteiger charge is -2.08. The third kappa shape index (κ3) is 3.20. The van der Waals surface area contributed by atoms with Crippen LogP contribution in [-0.2, 0) is 11.2 Å². The smallest absolute Gasteiger partial charge is 0.196 e. The largest absolute Gasteiger partial charge is 0.411 e. The Balaban J connectivity index is 1.75. The van der Waals surface area contributed by atoms with Crippen molar-refractivity contribution in [3.63, 3.8) is 0 Å². The summed E-state index contributed by atoms with van der Waals surface area (Å²) in [5.74, 6) is -0.0236. The van der Waals surface area contributed by atoms with E-state index >= 15 is 0 Å². The third-order valence-electron chi connectivity index (χ3n) is 4.74. The van der Waals surface area contributed by atoms with Crippen molar-refractivity contribution >= 4 is 37.9 Å². The Morgan fingerprint density at radius 2 is 2.26 bits per heavy atom. The van der Waals surface area contributed by atoms with Crippen LogP contribution < -0.4 is 5.32 Å². The van der Waals surface area contributed by atoms with Gasteiger partial charge in [-0.15, -0.1) is 11.3 Å². The molecule has 0 saturated carbocycles. The van der Waals surface area contributed by atoms with Crippen LogP contribution >= 0.6 is 11.3 Å². The number of anilines is 1. The van der Waals surface area contributed by atoms with Crippen molar-refractivity contribution in [3.8, 4) is 0 Å². The van der Waals surface area contributed by atoms with Gasteiger partial charge >= 0.3 is 0 Å². The highest BCUT2D eigenvalue weighted by molar-refractivity contribution is 7.23. The van der Waals surface area contributed by atoms with E-state index in [2.05, 4.69) is 15.5 Å². The van der Waals surface area contributed by atoms with Crippen LogP contribution in [0.1, 0.15) is 33.5 Å². The van der Waals surface area contributed by atoms with E-state index in [-0.39, 0.29) is 5.78 Å². The summed E-state index contributed by atoms with van der Waals surface area (Å²) < 4.78 is 6.08. The molecule has 0 aliphatic heterocycles. The average molecular weight is 381 g/mol. The van der Waals surface area contributed by atoms with Gasteiger partial charge in [0.05, 0.1) is 22.6 Å². The second-order valence-electron chi connectivity index (χ2n) is 6.35. The molecular weight excluding hydrogens is 362 g/mol. The lowest BCUT2D eigenvalue weighted by molar-refractivity contribution is 0.104. The molecule has 2 N–H and O–H groups in total. The van der Waals surface area contributed by atoms with Gasteiger partial charge in [0, 0.05) is 42.6 Å². The zero-order valence-electron chi connectivity index (χ0n) is 14.9. The fraction of sp³-hybridized carbons (Fsp3) is 0.250. The molecular formula is C20H19N3O3S. The highest BCUT2D eigenvalue weighted by Crippen LogP contribution is 2.37. The summed E-state index contributed by atoms with van der Waals surface area (Å²) in [6, 6.07) is 7.48. The van der Waals surface area contributed by atoms with Gasteiger partial charge in [0.15, 0.2) is 5.78 Å². The predicted octanol–water partition coefficient (Wildman–Crippen LogP) is 3.71. The molecule has 0 atom stereocenters. The van der Waals surface area contributed by atoms with E-state index in [1.165, 1.54) is 11.3 Å². The molecule has 6 nitrogen and oxygen atoms in total. The van der Waals surface area contributed by atoms with Crippen molar-refractivity contribution in [2.75, 3.05) is 25.6 Å². The van der Waals surface area contributed by atoms with Gasteiger partial charge in [-0.1, -0.05) is 17.3 Å². The molecule has 138 valence electrons. The highest BCUT2D eigenvalue weighted by Gasteiger charge is 2.24. The number of fused-ring (bicyclic) bond motifs is 2. The van der Waals surface area contributed by atoms with E-state index < -0.39 is 0 Å². The molecule has 0 radical (unpaired) electrons. The van der Waals surface area contributed by atoms with Crippen molar-refractivity contribution in [2.24, 2.45) is 5.16 Å². The lowest BCUT2D eigenvalue weighted by atomic mass is 9.98. The first-order chi connectivity index (χ1) is 13.2. The average Bonchev–Trinajstić information content (AvgIpc) is 3.27. The van der Waals surface area contributed by atoms with E-state index in [1.54, 1.807) is 25.6 Å². The fourth-order valence-corrected chi connectivity index (χ4v) is 4.52. The molecule has 2 heterocycles. The predicted molar refractivity (Wildman–Crippen MR) is 107 cm³/mol. The van der Waals surface area contributed by atoms with Gasteiger partial charge in [-0.2, -0.15) is 0 Å². The monoisotopic (exact) mass is 381 g/mol. The van der Waals surface area contributed by atoms with Gasteiger partial charge in [-0.05, 0) is 30.5 Å². The Bertz CT molecular complexity index is 1040. The SMILES string of the molecule is COCCNc1sc2cnccc2c1C(=O)c1ccc2c(c1)CC/C2=N\O. The third-order valence-corrected chi connectivity index (χ3v) is 5.84. The van der Waals surface area contributed by atoms with Crippen LogP contribution in [0.3, 0.4) is 0 Å². The maximum absolute atomic E-state index is 13.4. The van der Waals surface area contributed by atoms with E-state index in [0.717, 1.165) is 32.6 Å². The van der Waals surface area contributed by atoms with Crippen molar-refractivity contribution in [1.82, 2.24) is 4.98 Å². The topological polar surface area (TPSA) is 83.8 Å². The zero-order chi connectivity index (χ0) is 18.8. The number of oxime groups is 1. The number of aryl methyl sites for hydroxylation is 1. The van der Waals surface area contributed by atoms with Crippen molar-refractivity contribution in [3.05, 3.63) is 58.9 Å². The first-order valence-corrected chi connectivity index (χ1v) is 9.53. The van der Waals surface area contributed by atoms with Gasteiger partial charge in [0.1, 0.15) is 5.00 Å². The number of thiophene rings is 1. The molecule has 1 aliphatic carbocycles. The number of benzene rings is 1. The second-order valence-corrected chi connectivity index (χ2v) is 7.40. The minimum atomic E-state index is -0.0236. The minimum Gasteiger partial charge on any atom is -0.411 e. The van der Waals surface area contributed by atoms with E-state index in [9.17, 15) is 4.79 Å². The molecule has 0 amide bonds. The van der Waals surface area contributed by atoms with Crippen LogP contribution in [0.2, 0.25) is 0 Å². The van der Waals surface area contributed by atoms with Crippen LogP contribution in [0.15, 0.2) is 41.8 Å². The number of ketones is 1. The fourth-order valence-electron chi connectivity index (χ4n) is 3.43. The molecule has 2 aromatic heterocycles. The summed E-state index contributed by atoms with van der Waals surface area (Å²) in [6.07, 6.45) is 4.96. The Morgan fingerprint density at radius 3 is 3.07 bits per heavy atom. The summed E-state index contributed by atoms with van der Waals surface area (Å²) >= 11 is 1.52.